The molecule has 0 amide bonds. The highest BCUT2D eigenvalue weighted by Crippen LogP contribution is 2.29. The summed E-state index contributed by atoms with van der Waals surface area (Å²) in [4.78, 5) is 4.05. The maximum absolute atomic E-state index is 5.73. The number of rotatable bonds is 9. The van der Waals surface area contributed by atoms with Crippen LogP contribution in [0.5, 0.6) is 0 Å². The van der Waals surface area contributed by atoms with Crippen LogP contribution in [-0.2, 0) is 11.3 Å². The van der Waals surface area contributed by atoms with Crippen molar-refractivity contribution in [1.82, 2.24) is 4.90 Å². The van der Waals surface area contributed by atoms with E-state index in [9.17, 15) is 0 Å². The zero-order valence-corrected chi connectivity index (χ0v) is 12.0. The van der Waals surface area contributed by atoms with Crippen LogP contribution in [0.1, 0.15) is 31.1 Å². The summed E-state index contributed by atoms with van der Waals surface area (Å²) in [7, 11) is 0. The minimum atomic E-state index is 0.222. The number of nitrogens with two attached hydrogens (primary N) is 1. The van der Waals surface area contributed by atoms with Gasteiger partial charge in [-0.3, -0.25) is 4.90 Å². The third kappa shape index (κ3) is 4.35. The lowest BCUT2D eigenvalue weighted by Gasteiger charge is -2.24. The quantitative estimate of drug-likeness (QED) is 0.748. The molecule has 3 nitrogen and oxygen atoms in total. The molecule has 1 unspecified atom stereocenters. The van der Waals surface area contributed by atoms with Gasteiger partial charge < -0.3 is 10.5 Å². The molecular formula is C14H24N2OS. The zero-order valence-electron chi connectivity index (χ0n) is 11.2. The maximum Gasteiger partial charge on any atom is 0.0709 e. The second-order valence-electron chi connectivity index (χ2n) is 4.88. The van der Waals surface area contributed by atoms with Crippen molar-refractivity contribution >= 4 is 11.3 Å². The molecule has 0 aromatic carbocycles. The van der Waals surface area contributed by atoms with Crippen LogP contribution in [0.15, 0.2) is 17.5 Å². The van der Waals surface area contributed by atoms with E-state index in [1.807, 2.05) is 18.3 Å². The summed E-state index contributed by atoms with van der Waals surface area (Å²) in [5, 5.41) is 2.16. The van der Waals surface area contributed by atoms with E-state index in [1.54, 1.807) is 0 Å². The van der Waals surface area contributed by atoms with Crippen LogP contribution in [0.3, 0.4) is 0 Å². The Morgan fingerprint density at radius 2 is 2.39 bits per heavy atom. The van der Waals surface area contributed by atoms with Crippen molar-refractivity contribution in [3.8, 4) is 0 Å². The Morgan fingerprint density at radius 1 is 1.56 bits per heavy atom. The molecule has 0 radical (unpaired) electrons. The largest absolute Gasteiger partial charge is 0.377 e. The lowest BCUT2D eigenvalue weighted by molar-refractivity contribution is 0.0528. The average Bonchev–Trinajstić information content (AvgIpc) is 3.11. The number of nitrogens with zero attached hydrogens (tertiary/aromatic N) is 1. The highest BCUT2D eigenvalue weighted by atomic mass is 32.1. The molecule has 1 aliphatic carbocycles. The molecule has 0 aliphatic heterocycles. The van der Waals surface area contributed by atoms with Crippen LogP contribution in [0.25, 0.3) is 0 Å². The van der Waals surface area contributed by atoms with Crippen LogP contribution in [0.4, 0.5) is 0 Å². The molecule has 18 heavy (non-hydrogen) atoms. The van der Waals surface area contributed by atoms with E-state index in [1.165, 1.54) is 17.7 Å². The number of hydrogen-bond donors (Lipinski definition) is 1. The Labute approximate surface area is 114 Å². The molecule has 0 spiro atoms. The first kappa shape index (κ1) is 14.0. The molecule has 1 fully saturated rings. The molecule has 4 heteroatoms. The topological polar surface area (TPSA) is 38.5 Å². The summed E-state index contributed by atoms with van der Waals surface area (Å²) in [6.07, 6.45) is 3.98. The Balaban J connectivity index is 1.79. The fraction of sp³-hybridized carbons (Fsp3) is 0.714. The van der Waals surface area contributed by atoms with Gasteiger partial charge in [0.25, 0.3) is 0 Å². The monoisotopic (exact) mass is 268 g/mol. The highest BCUT2D eigenvalue weighted by molar-refractivity contribution is 7.09. The van der Waals surface area contributed by atoms with Gasteiger partial charge in [-0.2, -0.15) is 0 Å². The van der Waals surface area contributed by atoms with E-state index in [4.69, 9.17) is 10.5 Å². The van der Waals surface area contributed by atoms with Crippen molar-refractivity contribution in [3.63, 3.8) is 0 Å². The van der Waals surface area contributed by atoms with Gasteiger partial charge in [-0.05, 0) is 37.6 Å². The molecular weight excluding hydrogens is 244 g/mol. The molecule has 1 aromatic rings. The Hall–Kier alpha value is -0.420. The van der Waals surface area contributed by atoms with Gasteiger partial charge in [0.1, 0.15) is 0 Å². The minimum Gasteiger partial charge on any atom is -0.377 e. The van der Waals surface area contributed by atoms with Gasteiger partial charge in [0, 0.05) is 37.2 Å². The van der Waals surface area contributed by atoms with Crippen LogP contribution in [0, 0.1) is 0 Å². The Bertz CT molecular complexity index is 325. The first-order valence-corrected chi connectivity index (χ1v) is 7.79. The van der Waals surface area contributed by atoms with E-state index >= 15 is 0 Å². The van der Waals surface area contributed by atoms with E-state index in [-0.39, 0.29) is 6.10 Å². The summed E-state index contributed by atoms with van der Waals surface area (Å²) in [6.45, 7) is 5.62. The van der Waals surface area contributed by atoms with Gasteiger partial charge in [-0.25, -0.2) is 0 Å². The molecule has 1 aromatic heterocycles. The first-order valence-electron chi connectivity index (χ1n) is 6.91. The van der Waals surface area contributed by atoms with Gasteiger partial charge in [0.15, 0.2) is 0 Å². The molecule has 1 atom stereocenters. The predicted molar refractivity (Wildman–Crippen MR) is 76.8 cm³/mol. The van der Waals surface area contributed by atoms with E-state index in [2.05, 4.69) is 22.4 Å². The first-order chi connectivity index (χ1) is 8.83. The lowest BCUT2D eigenvalue weighted by atomic mass is 10.2. The van der Waals surface area contributed by atoms with Crippen molar-refractivity contribution < 1.29 is 4.74 Å². The van der Waals surface area contributed by atoms with Crippen LogP contribution < -0.4 is 5.73 Å². The number of hydrogen-bond acceptors (Lipinski definition) is 4. The smallest absolute Gasteiger partial charge is 0.0709 e. The summed E-state index contributed by atoms with van der Waals surface area (Å²) in [5.41, 5.74) is 5.73. The summed E-state index contributed by atoms with van der Waals surface area (Å²) in [6, 6.07) is 5.16. The van der Waals surface area contributed by atoms with Gasteiger partial charge in [-0.1, -0.05) is 6.07 Å². The molecule has 1 aliphatic rings. The lowest BCUT2D eigenvalue weighted by Crippen LogP contribution is -2.32. The van der Waals surface area contributed by atoms with Crippen molar-refractivity contribution in [2.45, 2.75) is 44.9 Å². The number of ether oxygens (including phenoxy) is 1. The standard InChI is InChI=1S/C14H24N2OS/c1-2-17-13(10-15)7-8-16(12-5-6-12)11-14-4-3-9-18-14/h3-4,9,12-13H,2,5-8,10-11,15H2,1H3. The third-order valence-corrected chi connectivity index (χ3v) is 4.27. The van der Waals surface area contributed by atoms with Crippen molar-refractivity contribution in [2.24, 2.45) is 5.73 Å². The van der Waals surface area contributed by atoms with Gasteiger partial charge in [-0.15, -0.1) is 11.3 Å². The van der Waals surface area contributed by atoms with E-state index < -0.39 is 0 Å². The van der Waals surface area contributed by atoms with Crippen LogP contribution >= 0.6 is 11.3 Å². The fourth-order valence-corrected chi connectivity index (χ4v) is 2.98. The van der Waals surface area contributed by atoms with Crippen LogP contribution in [0.2, 0.25) is 0 Å². The SMILES string of the molecule is CCOC(CN)CCN(Cc1cccs1)C1CC1. The Morgan fingerprint density at radius 3 is 2.94 bits per heavy atom. The minimum absolute atomic E-state index is 0.222. The average molecular weight is 268 g/mol. The maximum atomic E-state index is 5.73. The van der Waals surface area contributed by atoms with Gasteiger partial charge in [0.05, 0.1) is 6.10 Å². The molecule has 0 saturated heterocycles. The molecule has 0 bridgehead atoms. The molecule has 102 valence electrons. The van der Waals surface area contributed by atoms with Crippen molar-refractivity contribution in [3.05, 3.63) is 22.4 Å². The zero-order chi connectivity index (χ0) is 12.8. The Kier molecular flexibility index (Phi) is 5.63. The summed E-state index contributed by atoms with van der Waals surface area (Å²) < 4.78 is 5.63. The third-order valence-electron chi connectivity index (χ3n) is 3.41. The molecule has 2 N–H and O–H groups in total. The van der Waals surface area contributed by atoms with Gasteiger partial charge >= 0.3 is 0 Å². The van der Waals surface area contributed by atoms with Gasteiger partial charge in [0.2, 0.25) is 0 Å². The summed E-state index contributed by atoms with van der Waals surface area (Å²) >= 11 is 1.85. The second-order valence-corrected chi connectivity index (χ2v) is 5.91. The van der Waals surface area contributed by atoms with Crippen molar-refractivity contribution in [1.29, 1.82) is 0 Å². The fourth-order valence-electron chi connectivity index (χ4n) is 2.25. The number of thiophene rings is 1. The summed E-state index contributed by atoms with van der Waals surface area (Å²) in [5.74, 6) is 0. The molecule has 2 rings (SSSR count). The van der Waals surface area contributed by atoms with Crippen LogP contribution in [-0.4, -0.2) is 36.7 Å². The van der Waals surface area contributed by atoms with E-state index in [0.717, 1.165) is 32.2 Å². The predicted octanol–water partition coefficient (Wildman–Crippen LogP) is 2.47. The molecule has 1 heterocycles. The second kappa shape index (κ2) is 7.24. The van der Waals surface area contributed by atoms with E-state index in [0.29, 0.717) is 6.54 Å². The highest BCUT2D eigenvalue weighted by Gasteiger charge is 2.29. The molecule has 1 saturated carbocycles. The normalized spacial score (nSPS) is 17.3. The van der Waals surface area contributed by atoms with Crippen molar-refractivity contribution in [2.75, 3.05) is 19.7 Å².